The van der Waals surface area contributed by atoms with Gasteiger partial charge in [0.1, 0.15) is 0 Å². The lowest BCUT2D eigenvalue weighted by molar-refractivity contribution is 0.0847. The molecule has 1 aliphatic carbocycles. The highest BCUT2D eigenvalue weighted by Crippen LogP contribution is 2.51. The number of aliphatic hydroxyl groups is 1. The number of rotatable bonds is 8. The van der Waals surface area contributed by atoms with Crippen molar-refractivity contribution in [2.45, 2.75) is 134 Å². The molecule has 3 nitrogen and oxygen atoms in total. The Morgan fingerprint density at radius 2 is 1.29 bits per heavy atom. The maximum atomic E-state index is 11.0. The first kappa shape index (κ1) is 27.9. The van der Waals surface area contributed by atoms with Gasteiger partial charge in [-0.2, -0.15) is 0 Å². The minimum atomic E-state index is -0.581. The number of benzene rings is 2. The summed E-state index contributed by atoms with van der Waals surface area (Å²) in [6.45, 7) is 19.3. The molecule has 2 aromatic carbocycles. The summed E-state index contributed by atoms with van der Waals surface area (Å²) in [5, 5.41) is 11.0. The number of likely N-dealkylation sites (tertiary alicyclic amines) is 2. The van der Waals surface area contributed by atoms with Gasteiger partial charge in [-0.3, -0.25) is 9.80 Å². The van der Waals surface area contributed by atoms with Crippen molar-refractivity contribution in [3.8, 4) is 0 Å². The van der Waals surface area contributed by atoms with E-state index < -0.39 is 5.60 Å². The summed E-state index contributed by atoms with van der Waals surface area (Å²) in [6, 6.07) is 19.0. The molecule has 38 heavy (non-hydrogen) atoms. The molecule has 5 rings (SSSR count). The van der Waals surface area contributed by atoms with Crippen LogP contribution in [0.5, 0.6) is 0 Å². The third-order valence-corrected chi connectivity index (χ3v) is 10.1. The third kappa shape index (κ3) is 5.36. The topological polar surface area (TPSA) is 26.7 Å². The second-order valence-corrected chi connectivity index (χ2v) is 14.8. The lowest BCUT2D eigenvalue weighted by Gasteiger charge is -2.43. The van der Waals surface area contributed by atoms with Crippen LogP contribution in [-0.2, 0) is 11.0 Å². The van der Waals surface area contributed by atoms with Crippen molar-refractivity contribution < 1.29 is 5.11 Å². The Labute approximate surface area is 232 Å². The van der Waals surface area contributed by atoms with Gasteiger partial charge in [0.25, 0.3) is 0 Å². The molecule has 2 atom stereocenters. The SMILES string of the molecule is CC(C)(CCC(C)(C)N1CCCC1c1ccccc1C1(O)CC1)c1ccccc1C1CCCN1C(C)(C)C. The minimum absolute atomic E-state index is 0.0947. The van der Waals surface area contributed by atoms with Crippen molar-refractivity contribution in [1.29, 1.82) is 0 Å². The predicted molar refractivity (Wildman–Crippen MR) is 159 cm³/mol. The summed E-state index contributed by atoms with van der Waals surface area (Å²) < 4.78 is 0. The molecule has 3 heteroatoms. The Morgan fingerprint density at radius 3 is 1.92 bits per heavy atom. The van der Waals surface area contributed by atoms with Crippen molar-refractivity contribution in [3.63, 3.8) is 0 Å². The summed E-state index contributed by atoms with van der Waals surface area (Å²) >= 11 is 0. The van der Waals surface area contributed by atoms with Crippen molar-refractivity contribution in [1.82, 2.24) is 9.80 Å². The summed E-state index contributed by atoms with van der Waals surface area (Å²) in [5.41, 5.74) is 5.45. The molecule has 2 heterocycles. The van der Waals surface area contributed by atoms with Gasteiger partial charge in [0.15, 0.2) is 0 Å². The summed E-state index contributed by atoms with van der Waals surface area (Å²) in [5.74, 6) is 0. The maximum Gasteiger partial charge on any atom is 0.0902 e. The lowest BCUT2D eigenvalue weighted by Crippen LogP contribution is -2.44. The molecule has 2 saturated heterocycles. The fourth-order valence-electron chi connectivity index (χ4n) is 7.61. The van der Waals surface area contributed by atoms with E-state index in [9.17, 15) is 5.11 Å². The average molecular weight is 517 g/mol. The van der Waals surface area contributed by atoms with Crippen LogP contribution < -0.4 is 0 Å². The Balaban J connectivity index is 1.35. The van der Waals surface area contributed by atoms with Crippen LogP contribution in [0, 0.1) is 0 Å². The lowest BCUT2D eigenvalue weighted by atomic mass is 9.74. The zero-order valence-corrected chi connectivity index (χ0v) is 25.2. The van der Waals surface area contributed by atoms with Crippen LogP contribution in [-0.4, -0.2) is 39.1 Å². The summed E-state index contributed by atoms with van der Waals surface area (Å²) in [6.07, 6.45) is 9.10. The molecule has 2 aromatic rings. The normalized spacial score (nSPS) is 24.7. The van der Waals surface area contributed by atoms with Crippen molar-refractivity contribution in [2.24, 2.45) is 0 Å². The van der Waals surface area contributed by atoms with E-state index in [2.05, 4.69) is 107 Å². The molecule has 1 N–H and O–H groups in total. The predicted octanol–water partition coefficient (Wildman–Crippen LogP) is 8.28. The second kappa shape index (κ2) is 10.1. The molecule has 3 aliphatic rings. The highest BCUT2D eigenvalue weighted by molar-refractivity contribution is 5.39. The number of hydrogen-bond acceptors (Lipinski definition) is 3. The quantitative estimate of drug-likeness (QED) is 0.382. The second-order valence-electron chi connectivity index (χ2n) is 14.8. The fraction of sp³-hybridized carbons (Fsp3) is 0.657. The zero-order chi connectivity index (χ0) is 27.3. The standard InChI is InChI=1S/C35H52N2O/c1-32(2,3)36-24-12-18-30(36)26-14-8-10-16-28(26)33(4,5)20-21-34(6,7)37-25-13-19-31(37)27-15-9-11-17-29(27)35(38)22-23-35/h8-11,14-17,30-31,38H,12-13,18-25H2,1-7H3. The highest BCUT2D eigenvalue weighted by atomic mass is 16.3. The molecular weight excluding hydrogens is 464 g/mol. The minimum Gasteiger partial charge on any atom is -0.385 e. The van der Waals surface area contributed by atoms with E-state index >= 15 is 0 Å². The average Bonchev–Trinajstić information content (AvgIpc) is 3.28. The van der Waals surface area contributed by atoms with Crippen molar-refractivity contribution >= 4 is 0 Å². The van der Waals surface area contributed by atoms with Crippen molar-refractivity contribution in [2.75, 3.05) is 13.1 Å². The first-order chi connectivity index (χ1) is 17.8. The maximum absolute atomic E-state index is 11.0. The first-order valence-electron chi connectivity index (χ1n) is 15.3. The van der Waals surface area contributed by atoms with E-state index in [1.807, 2.05) is 0 Å². The summed E-state index contributed by atoms with van der Waals surface area (Å²) in [4.78, 5) is 5.49. The monoisotopic (exact) mass is 516 g/mol. The van der Waals surface area contributed by atoms with Gasteiger partial charge in [-0.05, 0) is 127 Å². The van der Waals surface area contributed by atoms with E-state index in [1.54, 1.807) is 5.56 Å². The van der Waals surface area contributed by atoms with Crippen LogP contribution in [0.4, 0.5) is 0 Å². The number of nitrogens with zero attached hydrogens (tertiary/aromatic N) is 2. The molecule has 2 aliphatic heterocycles. The molecule has 1 saturated carbocycles. The largest absolute Gasteiger partial charge is 0.385 e. The van der Waals surface area contributed by atoms with Crippen molar-refractivity contribution in [3.05, 3.63) is 70.8 Å². The summed E-state index contributed by atoms with van der Waals surface area (Å²) in [7, 11) is 0. The molecule has 0 spiro atoms. The molecule has 0 radical (unpaired) electrons. The van der Waals surface area contributed by atoms with Gasteiger partial charge in [0.05, 0.1) is 5.60 Å². The smallest absolute Gasteiger partial charge is 0.0902 e. The zero-order valence-electron chi connectivity index (χ0n) is 25.2. The van der Waals surface area contributed by atoms with E-state index in [1.165, 1.54) is 48.9 Å². The van der Waals surface area contributed by atoms with Gasteiger partial charge in [0, 0.05) is 23.2 Å². The molecule has 0 aromatic heterocycles. The Morgan fingerprint density at radius 1 is 0.737 bits per heavy atom. The number of hydrogen-bond donors (Lipinski definition) is 1. The van der Waals surface area contributed by atoms with Crippen LogP contribution in [0.3, 0.4) is 0 Å². The molecule has 0 amide bonds. The van der Waals surface area contributed by atoms with Gasteiger partial charge in [-0.25, -0.2) is 0 Å². The molecular formula is C35H52N2O. The van der Waals surface area contributed by atoms with Crippen LogP contribution in [0.15, 0.2) is 48.5 Å². The molecule has 3 fully saturated rings. The third-order valence-electron chi connectivity index (χ3n) is 10.1. The van der Waals surface area contributed by atoms with E-state index in [-0.39, 0.29) is 16.5 Å². The van der Waals surface area contributed by atoms with Gasteiger partial charge in [-0.15, -0.1) is 0 Å². The van der Waals surface area contributed by atoms with Crippen LogP contribution in [0.25, 0.3) is 0 Å². The first-order valence-corrected chi connectivity index (χ1v) is 15.3. The Bertz CT molecular complexity index is 1120. The van der Waals surface area contributed by atoms with Gasteiger partial charge in [0.2, 0.25) is 0 Å². The van der Waals surface area contributed by atoms with E-state index in [0.29, 0.717) is 12.1 Å². The van der Waals surface area contributed by atoms with Gasteiger partial charge >= 0.3 is 0 Å². The van der Waals surface area contributed by atoms with E-state index in [0.717, 1.165) is 32.2 Å². The molecule has 2 unspecified atom stereocenters. The fourth-order valence-corrected chi connectivity index (χ4v) is 7.61. The Kier molecular flexibility index (Phi) is 7.38. The molecule has 208 valence electrons. The van der Waals surface area contributed by atoms with Crippen LogP contribution in [0.1, 0.15) is 134 Å². The molecule has 0 bridgehead atoms. The van der Waals surface area contributed by atoms with E-state index in [4.69, 9.17) is 0 Å². The van der Waals surface area contributed by atoms with Crippen LogP contribution >= 0.6 is 0 Å². The highest BCUT2D eigenvalue weighted by Gasteiger charge is 2.46. The Hall–Kier alpha value is -1.68. The van der Waals surface area contributed by atoms with Crippen LogP contribution in [0.2, 0.25) is 0 Å². The van der Waals surface area contributed by atoms with Gasteiger partial charge < -0.3 is 5.11 Å². The van der Waals surface area contributed by atoms with Gasteiger partial charge in [-0.1, -0.05) is 62.4 Å².